The van der Waals surface area contributed by atoms with Crippen molar-refractivity contribution < 1.29 is 4.74 Å². The molecule has 0 aliphatic carbocycles. The van der Waals surface area contributed by atoms with Crippen LogP contribution in [-0.4, -0.2) is 57.4 Å². The lowest BCUT2D eigenvalue weighted by Gasteiger charge is -2.31. The minimum atomic E-state index is 0.156. The molecular weight excluding hydrogens is 390 g/mol. The number of aromatic nitrogens is 3. The molecule has 0 bridgehead atoms. The van der Waals surface area contributed by atoms with Gasteiger partial charge >= 0.3 is 0 Å². The van der Waals surface area contributed by atoms with Gasteiger partial charge in [0.05, 0.1) is 12.6 Å². The van der Waals surface area contributed by atoms with Crippen LogP contribution in [0.4, 0.5) is 0 Å². The normalized spacial score (nSPS) is 16.5. The lowest BCUT2D eigenvalue weighted by atomic mass is 10.0. The first-order valence-electron chi connectivity index (χ1n) is 11.2. The standard InChI is InChI=1S/C23H37N7O/c1-16(2)30(17(3)4)13-12-24-23(25-15-22-28-27-18(5)29(22)6)26-20-11-14-31-21-10-8-7-9-19(20)21/h7-10,16-17,20H,11-15H2,1-6H3,(H2,24,25,26). The minimum Gasteiger partial charge on any atom is -0.493 e. The smallest absolute Gasteiger partial charge is 0.192 e. The van der Waals surface area contributed by atoms with E-state index in [9.17, 15) is 0 Å². The summed E-state index contributed by atoms with van der Waals surface area (Å²) in [5.74, 6) is 3.46. The van der Waals surface area contributed by atoms with Crippen molar-refractivity contribution in [1.29, 1.82) is 0 Å². The van der Waals surface area contributed by atoms with Crippen LogP contribution in [0, 0.1) is 6.92 Å². The van der Waals surface area contributed by atoms with Crippen LogP contribution >= 0.6 is 0 Å². The molecular formula is C23H37N7O. The number of nitrogens with one attached hydrogen (secondary N) is 2. The second-order valence-corrected chi connectivity index (χ2v) is 8.61. The Hall–Kier alpha value is -2.61. The first-order valence-corrected chi connectivity index (χ1v) is 11.2. The van der Waals surface area contributed by atoms with Crippen LogP contribution in [-0.2, 0) is 13.6 Å². The molecule has 0 spiro atoms. The zero-order valence-electron chi connectivity index (χ0n) is 19.7. The molecule has 31 heavy (non-hydrogen) atoms. The van der Waals surface area contributed by atoms with Gasteiger partial charge in [-0.15, -0.1) is 10.2 Å². The number of aliphatic imine (C=N–C) groups is 1. The summed E-state index contributed by atoms with van der Waals surface area (Å²) in [6.45, 7) is 13.8. The molecule has 2 aromatic rings. The number of nitrogens with zero attached hydrogens (tertiary/aromatic N) is 5. The first-order chi connectivity index (χ1) is 14.9. The Morgan fingerprint density at radius 2 is 1.97 bits per heavy atom. The summed E-state index contributed by atoms with van der Waals surface area (Å²) < 4.78 is 7.80. The third kappa shape index (κ3) is 5.97. The second-order valence-electron chi connectivity index (χ2n) is 8.61. The predicted octanol–water partition coefficient (Wildman–Crippen LogP) is 2.80. The summed E-state index contributed by atoms with van der Waals surface area (Å²) in [5.41, 5.74) is 1.17. The van der Waals surface area contributed by atoms with Crippen molar-refractivity contribution >= 4 is 5.96 Å². The van der Waals surface area contributed by atoms with E-state index in [0.717, 1.165) is 42.9 Å². The van der Waals surface area contributed by atoms with E-state index in [4.69, 9.17) is 9.73 Å². The van der Waals surface area contributed by atoms with Crippen molar-refractivity contribution in [2.75, 3.05) is 19.7 Å². The highest BCUT2D eigenvalue weighted by Gasteiger charge is 2.22. The monoisotopic (exact) mass is 427 g/mol. The number of fused-ring (bicyclic) bond motifs is 1. The Morgan fingerprint density at radius 1 is 1.23 bits per heavy atom. The van der Waals surface area contributed by atoms with Gasteiger partial charge in [0.25, 0.3) is 0 Å². The number of benzene rings is 1. The van der Waals surface area contributed by atoms with Gasteiger partial charge < -0.3 is 19.9 Å². The topological polar surface area (TPSA) is 79.6 Å². The number of aryl methyl sites for hydroxylation is 1. The molecule has 3 rings (SSSR count). The largest absolute Gasteiger partial charge is 0.493 e. The van der Waals surface area contributed by atoms with Gasteiger partial charge in [-0.2, -0.15) is 0 Å². The summed E-state index contributed by atoms with van der Waals surface area (Å²) in [7, 11) is 1.97. The van der Waals surface area contributed by atoms with Crippen molar-refractivity contribution in [2.24, 2.45) is 12.0 Å². The molecule has 170 valence electrons. The molecule has 1 aliphatic heterocycles. The number of hydrogen-bond donors (Lipinski definition) is 2. The van der Waals surface area contributed by atoms with Crippen LogP contribution in [0.5, 0.6) is 5.75 Å². The second kappa shape index (κ2) is 10.6. The number of guanidine groups is 1. The molecule has 8 nitrogen and oxygen atoms in total. The summed E-state index contributed by atoms with van der Waals surface area (Å²) in [6, 6.07) is 9.37. The van der Waals surface area contributed by atoms with E-state index in [1.165, 1.54) is 5.56 Å². The third-order valence-corrected chi connectivity index (χ3v) is 5.82. The third-order valence-electron chi connectivity index (χ3n) is 5.82. The molecule has 1 aliphatic rings. The van der Waals surface area contributed by atoms with Gasteiger partial charge in [0, 0.05) is 44.2 Å². The van der Waals surface area contributed by atoms with Crippen LogP contribution < -0.4 is 15.4 Å². The average Bonchev–Trinajstić information content (AvgIpc) is 3.06. The van der Waals surface area contributed by atoms with E-state index in [-0.39, 0.29) is 6.04 Å². The minimum absolute atomic E-state index is 0.156. The lowest BCUT2D eigenvalue weighted by molar-refractivity contribution is 0.178. The Labute approximate surface area is 186 Å². The van der Waals surface area contributed by atoms with Crippen molar-refractivity contribution in [3.63, 3.8) is 0 Å². The summed E-state index contributed by atoms with van der Waals surface area (Å²) in [4.78, 5) is 7.31. The van der Waals surface area contributed by atoms with E-state index in [2.05, 4.69) is 65.6 Å². The summed E-state index contributed by atoms with van der Waals surface area (Å²) in [5, 5.41) is 15.5. The molecule has 0 amide bonds. The molecule has 0 saturated carbocycles. The van der Waals surface area contributed by atoms with Crippen LogP contribution in [0.25, 0.3) is 0 Å². The number of ether oxygens (including phenoxy) is 1. The van der Waals surface area contributed by atoms with Crippen LogP contribution in [0.2, 0.25) is 0 Å². The average molecular weight is 428 g/mol. The van der Waals surface area contributed by atoms with Gasteiger partial charge in [-0.05, 0) is 40.7 Å². The number of hydrogen-bond acceptors (Lipinski definition) is 5. The SMILES string of the molecule is Cc1nnc(CN=C(NCCN(C(C)C)C(C)C)NC2CCOc3ccccc32)n1C. The summed E-state index contributed by atoms with van der Waals surface area (Å²) in [6.07, 6.45) is 0.894. The van der Waals surface area contributed by atoms with Gasteiger partial charge in [0.1, 0.15) is 18.1 Å². The molecule has 2 N–H and O–H groups in total. The fraction of sp³-hybridized carbons (Fsp3) is 0.609. The predicted molar refractivity (Wildman–Crippen MR) is 124 cm³/mol. The Bertz CT molecular complexity index is 867. The molecule has 8 heteroatoms. The lowest BCUT2D eigenvalue weighted by Crippen LogP contribution is -2.46. The Morgan fingerprint density at radius 3 is 2.65 bits per heavy atom. The van der Waals surface area contributed by atoms with E-state index in [1.807, 2.05) is 30.7 Å². The zero-order valence-corrected chi connectivity index (χ0v) is 19.7. The molecule has 1 aromatic heterocycles. The maximum Gasteiger partial charge on any atom is 0.192 e. The Kier molecular flexibility index (Phi) is 7.90. The van der Waals surface area contributed by atoms with Crippen molar-refractivity contribution in [2.45, 2.75) is 65.7 Å². The highest BCUT2D eigenvalue weighted by molar-refractivity contribution is 5.80. The fourth-order valence-corrected chi connectivity index (χ4v) is 3.96. The quantitative estimate of drug-likeness (QED) is 0.498. The van der Waals surface area contributed by atoms with Crippen molar-refractivity contribution in [3.8, 4) is 5.75 Å². The van der Waals surface area contributed by atoms with Crippen molar-refractivity contribution in [1.82, 2.24) is 30.3 Å². The molecule has 0 radical (unpaired) electrons. The highest BCUT2D eigenvalue weighted by atomic mass is 16.5. The molecule has 1 aromatic carbocycles. The number of rotatable bonds is 8. The van der Waals surface area contributed by atoms with Crippen LogP contribution in [0.15, 0.2) is 29.3 Å². The van der Waals surface area contributed by atoms with Crippen LogP contribution in [0.1, 0.15) is 57.4 Å². The van der Waals surface area contributed by atoms with Gasteiger partial charge in [-0.25, -0.2) is 4.99 Å². The van der Waals surface area contributed by atoms with E-state index in [0.29, 0.717) is 25.2 Å². The molecule has 1 atom stereocenters. The van der Waals surface area contributed by atoms with Crippen LogP contribution in [0.3, 0.4) is 0 Å². The van der Waals surface area contributed by atoms with E-state index >= 15 is 0 Å². The van der Waals surface area contributed by atoms with Gasteiger partial charge in [-0.1, -0.05) is 18.2 Å². The maximum absolute atomic E-state index is 5.82. The molecule has 1 unspecified atom stereocenters. The molecule has 0 saturated heterocycles. The Balaban J connectivity index is 1.73. The van der Waals surface area contributed by atoms with Crippen molar-refractivity contribution in [3.05, 3.63) is 41.5 Å². The molecule has 2 heterocycles. The highest BCUT2D eigenvalue weighted by Crippen LogP contribution is 2.31. The van der Waals surface area contributed by atoms with Gasteiger partial charge in [-0.3, -0.25) is 4.90 Å². The van der Waals surface area contributed by atoms with Gasteiger partial charge in [0.15, 0.2) is 11.8 Å². The fourth-order valence-electron chi connectivity index (χ4n) is 3.96. The van der Waals surface area contributed by atoms with Gasteiger partial charge in [0.2, 0.25) is 0 Å². The van der Waals surface area contributed by atoms with E-state index < -0.39 is 0 Å². The van der Waals surface area contributed by atoms with E-state index in [1.54, 1.807) is 0 Å². The zero-order chi connectivity index (χ0) is 22.4. The maximum atomic E-state index is 5.82. The molecule has 0 fully saturated rings. The first kappa shape index (κ1) is 23.1. The number of para-hydroxylation sites is 1. The summed E-state index contributed by atoms with van der Waals surface area (Å²) >= 11 is 0.